The Balaban J connectivity index is 2.07. The Morgan fingerprint density at radius 3 is 2.95 bits per heavy atom. The Hall–Kier alpha value is -1.39. The molecule has 1 aliphatic heterocycles. The van der Waals surface area contributed by atoms with Gasteiger partial charge in [0.2, 0.25) is 0 Å². The summed E-state index contributed by atoms with van der Waals surface area (Å²) in [5, 5.41) is 20.3. The van der Waals surface area contributed by atoms with Gasteiger partial charge in [0.15, 0.2) is 0 Å². The molecule has 0 fully saturated rings. The van der Waals surface area contributed by atoms with Crippen LogP contribution < -0.4 is 0 Å². The van der Waals surface area contributed by atoms with Gasteiger partial charge >= 0.3 is 0 Å². The van der Waals surface area contributed by atoms with Crippen molar-refractivity contribution >= 4 is 28.4 Å². The molecule has 2 rings (SSSR count). The molecule has 1 aromatic rings. The maximum atomic E-state index is 9.54. The summed E-state index contributed by atoms with van der Waals surface area (Å²) in [5.74, 6) is 0.969. The number of hydrogen-bond donors (Lipinski definition) is 2. The highest BCUT2D eigenvalue weighted by Gasteiger charge is 2.09. The minimum atomic E-state index is 0.0937. The number of aliphatic imine (C=N–C) groups is 1. The van der Waals surface area contributed by atoms with E-state index in [4.69, 9.17) is 11.6 Å². The van der Waals surface area contributed by atoms with E-state index in [9.17, 15) is 10.2 Å². The van der Waals surface area contributed by atoms with E-state index < -0.39 is 0 Å². The lowest BCUT2D eigenvalue weighted by atomic mass is 10.2. The summed E-state index contributed by atoms with van der Waals surface area (Å²) in [6.45, 7) is 1.84. The van der Waals surface area contributed by atoms with Crippen LogP contribution in [0.3, 0.4) is 0 Å². The quantitative estimate of drug-likeness (QED) is 0.849. The van der Waals surface area contributed by atoms with Crippen LogP contribution in [0.4, 0.5) is 0 Å². The van der Waals surface area contributed by atoms with Crippen molar-refractivity contribution in [2.45, 2.75) is 19.1 Å². The third-order valence-corrected chi connectivity index (χ3v) is 4.08. The van der Waals surface area contributed by atoms with E-state index in [0.29, 0.717) is 17.2 Å². The number of hydrogen-bond acceptors (Lipinski definition) is 4. The first-order chi connectivity index (χ1) is 9.06. The summed E-state index contributed by atoms with van der Waals surface area (Å²) in [6.07, 6.45) is 3.96. The molecular weight excluding hydrogens is 282 g/mol. The SMILES string of the molecule is CC1=CC(O)=CCC(SCc2cccc(O)c2Cl)=N1. The largest absolute Gasteiger partial charge is 0.508 e. The smallest absolute Gasteiger partial charge is 0.134 e. The molecule has 2 N–H and O–H groups in total. The van der Waals surface area contributed by atoms with Gasteiger partial charge in [-0.1, -0.05) is 23.7 Å². The molecule has 0 unspecified atom stereocenters. The van der Waals surface area contributed by atoms with Crippen LogP contribution in [0.15, 0.2) is 46.8 Å². The minimum absolute atomic E-state index is 0.0937. The fourth-order valence-corrected chi connectivity index (χ4v) is 2.91. The maximum absolute atomic E-state index is 9.54. The van der Waals surface area contributed by atoms with Crippen molar-refractivity contribution in [2.24, 2.45) is 4.99 Å². The van der Waals surface area contributed by atoms with Gasteiger partial charge in [-0.3, -0.25) is 4.99 Å². The second-order valence-electron chi connectivity index (χ2n) is 4.16. The van der Waals surface area contributed by atoms with Gasteiger partial charge in [0.1, 0.15) is 11.5 Å². The van der Waals surface area contributed by atoms with Crippen molar-refractivity contribution < 1.29 is 10.2 Å². The number of aromatic hydroxyl groups is 1. The molecule has 0 radical (unpaired) electrons. The Kier molecular flexibility index (Phi) is 4.56. The summed E-state index contributed by atoms with van der Waals surface area (Å²) in [5.41, 5.74) is 1.64. The van der Waals surface area contributed by atoms with Gasteiger partial charge in [0.05, 0.1) is 10.1 Å². The number of allylic oxidation sites excluding steroid dienone is 3. The fourth-order valence-electron chi connectivity index (χ4n) is 1.67. The number of aliphatic hydroxyl groups is 1. The molecule has 0 saturated heterocycles. The maximum Gasteiger partial charge on any atom is 0.134 e. The number of phenols is 1. The zero-order valence-electron chi connectivity index (χ0n) is 10.4. The van der Waals surface area contributed by atoms with Crippen LogP contribution in [0.5, 0.6) is 5.75 Å². The second kappa shape index (κ2) is 6.17. The summed E-state index contributed by atoms with van der Waals surface area (Å²) in [4.78, 5) is 4.42. The van der Waals surface area contributed by atoms with E-state index in [1.807, 2.05) is 13.0 Å². The molecular formula is C14H14ClNO2S. The molecule has 1 aromatic carbocycles. The number of halogens is 1. The number of phenolic OH excluding ortho intramolecular Hbond substituents is 1. The molecule has 0 atom stereocenters. The fraction of sp³-hybridized carbons (Fsp3) is 0.214. The predicted octanol–water partition coefficient (Wildman–Crippen LogP) is 4.43. The van der Waals surface area contributed by atoms with Crippen molar-refractivity contribution in [3.63, 3.8) is 0 Å². The average molecular weight is 296 g/mol. The summed E-state index contributed by atoms with van der Waals surface area (Å²) in [7, 11) is 0. The van der Waals surface area contributed by atoms with Gasteiger partial charge in [-0.25, -0.2) is 0 Å². The van der Waals surface area contributed by atoms with Crippen LogP contribution in [0, 0.1) is 0 Å². The normalized spacial score (nSPS) is 15.4. The highest BCUT2D eigenvalue weighted by atomic mass is 35.5. The lowest BCUT2D eigenvalue weighted by Crippen LogP contribution is -1.93. The Bertz CT molecular complexity index is 579. The van der Waals surface area contributed by atoms with Crippen LogP contribution in [-0.4, -0.2) is 15.3 Å². The highest BCUT2D eigenvalue weighted by molar-refractivity contribution is 8.13. The van der Waals surface area contributed by atoms with E-state index in [2.05, 4.69) is 4.99 Å². The Morgan fingerprint density at radius 2 is 2.16 bits per heavy atom. The second-order valence-corrected chi connectivity index (χ2v) is 5.59. The first-order valence-electron chi connectivity index (χ1n) is 5.80. The molecule has 19 heavy (non-hydrogen) atoms. The monoisotopic (exact) mass is 295 g/mol. The molecule has 5 heteroatoms. The van der Waals surface area contributed by atoms with Crippen molar-refractivity contribution in [3.05, 3.63) is 52.4 Å². The van der Waals surface area contributed by atoms with Crippen molar-refractivity contribution in [1.29, 1.82) is 0 Å². The molecule has 0 bridgehead atoms. The average Bonchev–Trinajstić information content (AvgIpc) is 2.52. The molecule has 3 nitrogen and oxygen atoms in total. The first kappa shape index (κ1) is 14.0. The van der Waals surface area contributed by atoms with E-state index in [0.717, 1.165) is 16.3 Å². The van der Waals surface area contributed by atoms with Crippen LogP contribution in [0.1, 0.15) is 18.9 Å². The molecule has 1 aliphatic rings. The van der Waals surface area contributed by atoms with Crippen LogP contribution in [0.2, 0.25) is 5.02 Å². The van der Waals surface area contributed by atoms with E-state index in [1.54, 1.807) is 36.0 Å². The number of benzene rings is 1. The number of nitrogens with zero attached hydrogens (tertiary/aromatic N) is 1. The zero-order chi connectivity index (χ0) is 13.8. The van der Waals surface area contributed by atoms with Gasteiger partial charge in [0, 0.05) is 23.9 Å². The number of aliphatic hydroxyl groups excluding tert-OH is 1. The third kappa shape index (κ3) is 3.78. The molecule has 0 spiro atoms. The standard InChI is InChI=1S/C14H14ClNO2S/c1-9-7-11(17)5-6-13(16-9)19-8-10-3-2-4-12(18)14(10)15/h2-5,7,17-18H,6,8H2,1H3. The summed E-state index contributed by atoms with van der Waals surface area (Å²) >= 11 is 7.58. The lowest BCUT2D eigenvalue weighted by molar-refractivity contribution is 0.430. The zero-order valence-corrected chi connectivity index (χ0v) is 12.0. The predicted molar refractivity (Wildman–Crippen MR) is 80.9 cm³/mol. The molecule has 100 valence electrons. The third-order valence-electron chi connectivity index (χ3n) is 2.60. The molecule has 0 aromatic heterocycles. The number of rotatable bonds is 2. The summed E-state index contributed by atoms with van der Waals surface area (Å²) < 4.78 is 0. The van der Waals surface area contributed by atoms with E-state index in [-0.39, 0.29) is 11.5 Å². The van der Waals surface area contributed by atoms with Gasteiger partial charge in [0.25, 0.3) is 0 Å². The first-order valence-corrected chi connectivity index (χ1v) is 7.17. The van der Waals surface area contributed by atoms with E-state index >= 15 is 0 Å². The van der Waals surface area contributed by atoms with Crippen LogP contribution in [0.25, 0.3) is 0 Å². The lowest BCUT2D eigenvalue weighted by Gasteiger charge is -2.06. The Labute approximate surface area is 121 Å². The molecule has 0 saturated carbocycles. The van der Waals surface area contributed by atoms with Crippen LogP contribution in [-0.2, 0) is 5.75 Å². The van der Waals surface area contributed by atoms with Gasteiger partial charge in [-0.15, -0.1) is 11.8 Å². The molecule has 0 aliphatic carbocycles. The topological polar surface area (TPSA) is 52.8 Å². The minimum Gasteiger partial charge on any atom is -0.508 e. The van der Waals surface area contributed by atoms with Gasteiger partial charge in [-0.2, -0.15) is 0 Å². The molecule has 0 amide bonds. The van der Waals surface area contributed by atoms with Gasteiger partial charge in [-0.05, 0) is 24.6 Å². The van der Waals surface area contributed by atoms with E-state index in [1.165, 1.54) is 0 Å². The summed E-state index contributed by atoms with van der Waals surface area (Å²) in [6, 6.07) is 5.21. The molecule has 1 heterocycles. The van der Waals surface area contributed by atoms with Gasteiger partial charge < -0.3 is 10.2 Å². The van der Waals surface area contributed by atoms with Crippen molar-refractivity contribution in [3.8, 4) is 5.75 Å². The van der Waals surface area contributed by atoms with Crippen LogP contribution >= 0.6 is 23.4 Å². The van der Waals surface area contributed by atoms with Crippen molar-refractivity contribution in [1.82, 2.24) is 0 Å². The Morgan fingerprint density at radius 1 is 1.37 bits per heavy atom. The number of thioether (sulfide) groups is 1. The van der Waals surface area contributed by atoms with Crippen molar-refractivity contribution in [2.75, 3.05) is 0 Å². The highest BCUT2D eigenvalue weighted by Crippen LogP contribution is 2.30.